The van der Waals surface area contributed by atoms with E-state index in [2.05, 4.69) is 24.5 Å². The van der Waals surface area contributed by atoms with Gasteiger partial charge in [0.15, 0.2) is 0 Å². The first-order chi connectivity index (χ1) is 27.0. The zero-order valence-electron chi connectivity index (χ0n) is 36.6. The van der Waals surface area contributed by atoms with Gasteiger partial charge in [0.2, 0.25) is 23.6 Å². The van der Waals surface area contributed by atoms with Crippen LogP contribution in [0.2, 0.25) is 0 Å². The van der Waals surface area contributed by atoms with Gasteiger partial charge in [-0.15, -0.1) is 0 Å². The maximum absolute atomic E-state index is 14.4. The van der Waals surface area contributed by atoms with Crippen LogP contribution in [0.1, 0.15) is 97.4 Å². The van der Waals surface area contributed by atoms with Crippen LogP contribution in [0.5, 0.6) is 0 Å². The Labute approximate surface area is 342 Å². The van der Waals surface area contributed by atoms with Gasteiger partial charge in [0.25, 0.3) is 0 Å². The Morgan fingerprint density at radius 1 is 0.825 bits per heavy atom. The van der Waals surface area contributed by atoms with Gasteiger partial charge in [-0.2, -0.15) is 0 Å². The van der Waals surface area contributed by atoms with Crippen LogP contribution >= 0.6 is 0 Å². The number of benzene rings is 2. The van der Waals surface area contributed by atoms with Crippen molar-refractivity contribution in [2.75, 3.05) is 41.9 Å². The number of likely N-dealkylation sites (tertiary alicyclic amines) is 1. The van der Waals surface area contributed by atoms with E-state index < -0.39 is 48.3 Å². The minimum Gasteiger partial charge on any atom is -0.379 e. The van der Waals surface area contributed by atoms with Gasteiger partial charge in [0, 0.05) is 27.8 Å². The lowest BCUT2D eigenvalue weighted by Crippen LogP contribution is -2.59. The summed E-state index contributed by atoms with van der Waals surface area (Å²) in [5, 5.41) is 6.28. The van der Waals surface area contributed by atoms with Crippen molar-refractivity contribution in [3.63, 3.8) is 0 Å². The molecular formula is C45H72N6O6. The molecule has 4 amide bonds. The molecule has 4 N–H and O–H groups in total. The van der Waals surface area contributed by atoms with E-state index in [0.717, 1.165) is 24.0 Å². The molecule has 57 heavy (non-hydrogen) atoms. The van der Waals surface area contributed by atoms with Crippen LogP contribution in [0.3, 0.4) is 0 Å². The molecule has 1 aliphatic rings. The molecule has 12 nitrogen and oxygen atoms in total. The Kier molecular flexibility index (Phi) is 18.6. The minimum atomic E-state index is -0.759. The molecule has 1 aliphatic heterocycles. The Balaban J connectivity index is 1.82. The monoisotopic (exact) mass is 793 g/mol. The lowest BCUT2D eigenvalue weighted by molar-refractivity contribution is -0.148. The fourth-order valence-electron chi connectivity index (χ4n) is 8.60. The second-order valence-corrected chi connectivity index (χ2v) is 16.8. The number of nitrogens with two attached hydrogens (primary N) is 1. The summed E-state index contributed by atoms with van der Waals surface area (Å²) in [4.78, 5) is 61.6. The first kappa shape index (κ1) is 47.5. The third-order valence-corrected chi connectivity index (χ3v) is 11.9. The topological polar surface area (TPSA) is 147 Å². The molecule has 1 heterocycles. The molecule has 0 spiro atoms. The maximum atomic E-state index is 14.4. The van der Waals surface area contributed by atoms with Gasteiger partial charge in [0.05, 0.1) is 54.8 Å². The van der Waals surface area contributed by atoms with Crippen molar-refractivity contribution >= 4 is 23.6 Å². The first-order valence-corrected chi connectivity index (χ1v) is 20.7. The van der Waals surface area contributed by atoms with Crippen molar-refractivity contribution < 1.29 is 28.7 Å². The van der Waals surface area contributed by atoms with E-state index >= 15 is 0 Å². The third kappa shape index (κ3) is 12.1. The van der Waals surface area contributed by atoms with Gasteiger partial charge < -0.3 is 35.6 Å². The van der Waals surface area contributed by atoms with Crippen molar-refractivity contribution in [1.82, 2.24) is 25.3 Å². The molecule has 10 atom stereocenters. The van der Waals surface area contributed by atoms with Crippen molar-refractivity contribution in [2.24, 2.45) is 29.4 Å². The summed E-state index contributed by atoms with van der Waals surface area (Å²) in [7, 11) is 8.63. The van der Waals surface area contributed by atoms with E-state index in [-0.39, 0.29) is 53.8 Å². The zero-order chi connectivity index (χ0) is 42.6. The van der Waals surface area contributed by atoms with Crippen LogP contribution in [0.4, 0.5) is 0 Å². The van der Waals surface area contributed by atoms with Crippen LogP contribution in [0, 0.1) is 23.7 Å². The molecule has 0 radical (unpaired) electrons. The number of carbonyl (C=O) groups excluding carboxylic acids is 4. The first-order valence-electron chi connectivity index (χ1n) is 20.7. The van der Waals surface area contributed by atoms with Crippen LogP contribution in [0.25, 0.3) is 0 Å². The fourth-order valence-corrected chi connectivity index (χ4v) is 8.60. The van der Waals surface area contributed by atoms with E-state index in [1.807, 2.05) is 119 Å². The van der Waals surface area contributed by atoms with E-state index in [0.29, 0.717) is 13.0 Å². The second kappa shape index (κ2) is 22.3. The Hall–Kier alpha value is -3.84. The van der Waals surface area contributed by atoms with Gasteiger partial charge in [-0.25, -0.2) is 0 Å². The number of rotatable bonds is 21. The van der Waals surface area contributed by atoms with Gasteiger partial charge in [-0.05, 0) is 55.8 Å². The van der Waals surface area contributed by atoms with Gasteiger partial charge in [0.1, 0.15) is 6.04 Å². The SMILES string of the molecule is CC[C@H](C)[C@@H]([C@@H](CC(=O)N1CCC[C@H]1[C@H](OC)[C@@H](C)C(=O)N[C@@H](c1ccccc1)[C@@H](N)c1ccccc1)OC)N(C)C(=O)[C@@H](NC(=O)[C@H](C(C)C)N(C)C)C(C)C. The molecule has 0 bridgehead atoms. The molecule has 0 aliphatic carbocycles. The molecule has 3 rings (SSSR count). The Morgan fingerprint density at radius 2 is 1.40 bits per heavy atom. The number of hydrogen-bond acceptors (Lipinski definition) is 8. The molecule has 1 fully saturated rings. The van der Waals surface area contributed by atoms with Crippen molar-refractivity contribution in [2.45, 2.75) is 123 Å². The van der Waals surface area contributed by atoms with Crippen LogP contribution in [-0.2, 0) is 28.7 Å². The maximum Gasteiger partial charge on any atom is 0.245 e. The summed E-state index contributed by atoms with van der Waals surface area (Å²) in [6.45, 7) is 14.3. The quantitative estimate of drug-likeness (QED) is 0.157. The summed E-state index contributed by atoms with van der Waals surface area (Å²) in [6, 6.07) is 16.5. The number of ether oxygens (including phenoxy) is 2. The summed E-state index contributed by atoms with van der Waals surface area (Å²) in [5.74, 6) is -1.51. The highest BCUT2D eigenvalue weighted by atomic mass is 16.5. The average Bonchev–Trinajstić information content (AvgIpc) is 3.68. The van der Waals surface area contributed by atoms with Crippen molar-refractivity contribution in [3.05, 3.63) is 71.8 Å². The summed E-state index contributed by atoms with van der Waals surface area (Å²) in [5.41, 5.74) is 8.59. The summed E-state index contributed by atoms with van der Waals surface area (Å²) in [6.07, 6.45) is 1.02. The average molecular weight is 793 g/mol. The number of nitrogens with one attached hydrogen (secondary N) is 2. The number of methoxy groups -OCH3 is 2. The zero-order valence-corrected chi connectivity index (χ0v) is 36.6. The highest BCUT2D eigenvalue weighted by Gasteiger charge is 2.43. The van der Waals surface area contributed by atoms with E-state index in [1.54, 1.807) is 26.2 Å². The van der Waals surface area contributed by atoms with Gasteiger partial charge in [-0.3, -0.25) is 24.1 Å². The van der Waals surface area contributed by atoms with E-state index in [1.165, 1.54) is 0 Å². The van der Waals surface area contributed by atoms with Crippen LogP contribution in [0.15, 0.2) is 60.7 Å². The molecule has 0 saturated carbocycles. The smallest absolute Gasteiger partial charge is 0.245 e. The third-order valence-electron chi connectivity index (χ3n) is 11.9. The van der Waals surface area contributed by atoms with Gasteiger partial charge in [-0.1, -0.05) is 116 Å². The number of nitrogens with zero attached hydrogens (tertiary/aromatic N) is 3. The molecular weight excluding hydrogens is 721 g/mol. The second-order valence-electron chi connectivity index (χ2n) is 16.8. The lowest BCUT2D eigenvalue weighted by Gasteiger charge is -2.41. The largest absolute Gasteiger partial charge is 0.379 e. The molecule has 0 unspecified atom stereocenters. The predicted octanol–water partition coefficient (Wildman–Crippen LogP) is 5.19. The number of likely N-dealkylation sites (N-methyl/N-ethyl adjacent to an activating group) is 2. The molecule has 318 valence electrons. The predicted molar refractivity (Wildman–Crippen MR) is 226 cm³/mol. The Bertz CT molecular complexity index is 1550. The van der Waals surface area contributed by atoms with Crippen LogP contribution in [-0.4, -0.2) is 117 Å². The number of carbonyl (C=O) groups is 4. The highest BCUT2D eigenvalue weighted by molar-refractivity contribution is 5.90. The van der Waals surface area contributed by atoms with E-state index in [9.17, 15) is 19.2 Å². The van der Waals surface area contributed by atoms with Crippen molar-refractivity contribution in [1.29, 1.82) is 0 Å². The highest BCUT2D eigenvalue weighted by Crippen LogP contribution is 2.32. The summed E-state index contributed by atoms with van der Waals surface area (Å²) < 4.78 is 12.1. The minimum absolute atomic E-state index is 0.0185. The molecule has 2 aromatic carbocycles. The molecule has 1 saturated heterocycles. The lowest BCUT2D eigenvalue weighted by atomic mass is 9.89. The molecule has 12 heteroatoms. The van der Waals surface area contributed by atoms with Crippen molar-refractivity contribution in [3.8, 4) is 0 Å². The Morgan fingerprint density at radius 3 is 1.89 bits per heavy atom. The van der Waals surface area contributed by atoms with E-state index in [4.69, 9.17) is 15.2 Å². The van der Waals surface area contributed by atoms with Crippen LogP contribution < -0.4 is 16.4 Å². The normalized spacial score (nSPS) is 19.3. The fraction of sp³-hybridized carbons (Fsp3) is 0.644. The molecule has 0 aromatic heterocycles. The summed E-state index contributed by atoms with van der Waals surface area (Å²) >= 11 is 0. The van der Waals surface area contributed by atoms with Gasteiger partial charge >= 0.3 is 0 Å². The number of hydrogen-bond donors (Lipinski definition) is 3. The number of amides is 4. The molecule has 2 aromatic rings. The standard InChI is InChI=1S/C45H72N6O6/c1-13-30(6)41(50(10)45(55)38(28(2)3)47-44(54)40(29(4)5)49(8)9)35(56-11)27-36(52)51-26-20-25-34(51)42(57-12)31(7)43(53)48-39(33-23-18-15-19-24-33)37(46)32-21-16-14-17-22-32/h14-19,21-24,28-31,34-35,37-42H,13,20,25-27,46H2,1-12H3,(H,47,54)(H,48,53)/t30-,31+,34-,35+,37-,38-,39-,40-,41-,42+/m0/s1.